The zero-order valence-corrected chi connectivity index (χ0v) is 16.4. The molecule has 1 N–H and O–H groups in total. The molecule has 0 spiro atoms. The van der Waals surface area contributed by atoms with Crippen LogP contribution < -0.4 is 10.2 Å². The summed E-state index contributed by atoms with van der Waals surface area (Å²) in [6.07, 6.45) is 4.39. The van der Waals surface area contributed by atoms with Gasteiger partial charge in [-0.25, -0.2) is 0 Å². The molecule has 1 atom stereocenters. The van der Waals surface area contributed by atoms with Crippen molar-refractivity contribution in [3.05, 3.63) is 83.7 Å². The Morgan fingerprint density at radius 2 is 1.70 bits per heavy atom. The maximum absolute atomic E-state index is 12.8. The van der Waals surface area contributed by atoms with Gasteiger partial charge in [0.2, 0.25) is 5.91 Å². The van der Waals surface area contributed by atoms with Crippen LogP contribution in [0.1, 0.15) is 29.2 Å². The van der Waals surface area contributed by atoms with Gasteiger partial charge in [0.05, 0.1) is 12.5 Å². The molecule has 27 heavy (non-hydrogen) atoms. The number of aryl methyl sites for hydroxylation is 2. The molecule has 1 heterocycles. The largest absolute Gasteiger partial charge is 0.377 e. The lowest BCUT2D eigenvalue weighted by molar-refractivity contribution is -0.116. The summed E-state index contributed by atoms with van der Waals surface area (Å²) in [5, 5.41) is 3.06. The van der Waals surface area contributed by atoms with Gasteiger partial charge in [-0.05, 0) is 49.2 Å². The van der Waals surface area contributed by atoms with Crippen LogP contribution >= 0.6 is 0 Å². The normalized spacial score (nSPS) is 11.9. The van der Waals surface area contributed by atoms with Crippen LogP contribution in [-0.2, 0) is 4.79 Å². The van der Waals surface area contributed by atoms with E-state index in [-0.39, 0.29) is 11.9 Å². The third kappa shape index (κ3) is 4.59. The number of benzene rings is 2. The Bertz CT molecular complexity index is 896. The number of aromatic nitrogens is 1. The second-order valence-electron chi connectivity index (χ2n) is 7.20. The molecule has 1 amide bonds. The van der Waals surface area contributed by atoms with Crippen molar-refractivity contribution in [2.45, 2.75) is 26.3 Å². The van der Waals surface area contributed by atoms with Crippen LogP contribution in [0.4, 0.5) is 11.4 Å². The van der Waals surface area contributed by atoms with Crippen LogP contribution in [0.3, 0.4) is 0 Å². The molecule has 3 rings (SSSR count). The Labute approximate surface area is 161 Å². The number of carbonyl (C=O) groups is 1. The first-order valence-electron chi connectivity index (χ1n) is 9.21. The van der Waals surface area contributed by atoms with E-state index in [9.17, 15) is 4.79 Å². The number of amides is 1. The molecule has 0 radical (unpaired) electrons. The first-order chi connectivity index (χ1) is 12.9. The van der Waals surface area contributed by atoms with E-state index in [1.807, 2.05) is 56.8 Å². The number of rotatable bonds is 6. The standard InChI is InChI=1S/C23H27N3O/c1-17-7-10-19(11-8-17)22(26-13-5-6-14-26)16-23(27)24-20-12-9-18(2)21(15-20)25(3)4/h5-15,22H,16H2,1-4H3,(H,24,27). The van der Waals surface area contributed by atoms with Crippen LogP contribution in [0.2, 0.25) is 0 Å². The molecule has 0 fully saturated rings. The van der Waals surface area contributed by atoms with Gasteiger partial charge in [0.25, 0.3) is 0 Å². The van der Waals surface area contributed by atoms with Crippen molar-refractivity contribution in [1.29, 1.82) is 0 Å². The van der Waals surface area contributed by atoms with Gasteiger partial charge < -0.3 is 14.8 Å². The fourth-order valence-corrected chi connectivity index (χ4v) is 3.30. The van der Waals surface area contributed by atoms with E-state index < -0.39 is 0 Å². The predicted octanol–water partition coefficient (Wildman–Crippen LogP) is 4.79. The highest BCUT2D eigenvalue weighted by atomic mass is 16.1. The topological polar surface area (TPSA) is 37.3 Å². The quantitative estimate of drug-likeness (QED) is 0.685. The number of nitrogens with one attached hydrogen (secondary N) is 1. The Morgan fingerprint density at radius 3 is 2.33 bits per heavy atom. The second-order valence-corrected chi connectivity index (χ2v) is 7.20. The molecule has 0 saturated carbocycles. The molecular weight excluding hydrogens is 334 g/mol. The Balaban J connectivity index is 1.79. The third-order valence-electron chi connectivity index (χ3n) is 4.80. The highest BCUT2D eigenvalue weighted by Gasteiger charge is 2.18. The Kier molecular flexibility index (Phi) is 5.65. The average Bonchev–Trinajstić information content (AvgIpc) is 3.16. The summed E-state index contributed by atoms with van der Waals surface area (Å²) >= 11 is 0. The molecule has 140 valence electrons. The van der Waals surface area contributed by atoms with Gasteiger partial charge >= 0.3 is 0 Å². The number of hydrogen-bond acceptors (Lipinski definition) is 2. The van der Waals surface area contributed by atoms with E-state index in [0.29, 0.717) is 6.42 Å². The van der Waals surface area contributed by atoms with Gasteiger partial charge in [0.15, 0.2) is 0 Å². The van der Waals surface area contributed by atoms with Gasteiger partial charge in [-0.2, -0.15) is 0 Å². The van der Waals surface area contributed by atoms with E-state index in [1.54, 1.807) is 0 Å². The first kappa shape index (κ1) is 18.8. The minimum Gasteiger partial charge on any atom is -0.377 e. The van der Waals surface area contributed by atoms with Crippen LogP contribution in [-0.4, -0.2) is 24.6 Å². The molecule has 1 aromatic heterocycles. The smallest absolute Gasteiger partial charge is 0.226 e. The minimum atomic E-state index is -0.0284. The fourth-order valence-electron chi connectivity index (χ4n) is 3.30. The first-order valence-corrected chi connectivity index (χ1v) is 9.21. The lowest BCUT2D eigenvalue weighted by atomic mass is 10.0. The number of carbonyl (C=O) groups excluding carboxylic acids is 1. The molecule has 0 aliphatic rings. The van der Waals surface area contributed by atoms with Crippen molar-refractivity contribution in [2.75, 3.05) is 24.3 Å². The van der Waals surface area contributed by atoms with Crippen LogP contribution in [0, 0.1) is 13.8 Å². The lowest BCUT2D eigenvalue weighted by Gasteiger charge is -2.20. The van der Waals surface area contributed by atoms with Crippen molar-refractivity contribution >= 4 is 17.3 Å². The number of nitrogens with zero attached hydrogens (tertiary/aromatic N) is 2. The third-order valence-corrected chi connectivity index (χ3v) is 4.80. The van der Waals surface area contributed by atoms with Gasteiger partial charge in [-0.15, -0.1) is 0 Å². The summed E-state index contributed by atoms with van der Waals surface area (Å²) in [4.78, 5) is 14.8. The van der Waals surface area contributed by atoms with Crippen molar-refractivity contribution in [1.82, 2.24) is 4.57 Å². The maximum atomic E-state index is 12.8. The van der Waals surface area contributed by atoms with Gasteiger partial charge in [0.1, 0.15) is 0 Å². The molecule has 4 heteroatoms. The van der Waals surface area contributed by atoms with Gasteiger partial charge in [-0.3, -0.25) is 4.79 Å². The van der Waals surface area contributed by atoms with Crippen molar-refractivity contribution in [3.8, 4) is 0 Å². The summed E-state index contributed by atoms with van der Waals surface area (Å²) in [6, 6.07) is 18.3. The van der Waals surface area contributed by atoms with E-state index in [1.165, 1.54) is 11.1 Å². The molecule has 0 saturated heterocycles. The van der Waals surface area contributed by atoms with E-state index in [4.69, 9.17) is 0 Å². The molecule has 0 aliphatic heterocycles. The summed E-state index contributed by atoms with van der Waals surface area (Å²) in [6.45, 7) is 4.14. The van der Waals surface area contributed by atoms with Crippen LogP contribution in [0.25, 0.3) is 0 Å². The van der Waals surface area contributed by atoms with E-state index in [0.717, 1.165) is 16.9 Å². The average molecular weight is 361 g/mol. The molecule has 1 unspecified atom stereocenters. The molecular formula is C23H27N3O. The summed E-state index contributed by atoms with van der Waals surface area (Å²) < 4.78 is 2.09. The number of anilines is 2. The molecule has 0 aliphatic carbocycles. The SMILES string of the molecule is Cc1ccc(C(CC(=O)Nc2ccc(C)c(N(C)C)c2)n2cccc2)cc1. The Morgan fingerprint density at radius 1 is 1.04 bits per heavy atom. The monoisotopic (exact) mass is 361 g/mol. The molecule has 2 aromatic carbocycles. The highest BCUT2D eigenvalue weighted by molar-refractivity contribution is 5.92. The van der Waals surface area contributed by atoms with Crippen molar-refractivity contribution < 1.29 is 4.79 Å². The van der Waals surface area contributed by atoms with Crippen molar-refractivity contribution in [2.24, 2.45) is 0 Å². The fraction of sp³-hybridized carbons (Fsp3) is 0.261. The van der Waals surface area contributed by atoms with E-state index >= 15 is 0 Å². The summed E-state index contributed by atoms with van der Waals surface area (Å²) in [5.74, 6) is 0.00262. The van der Waals surface area contributed by atoms with Crippen molar-refractivity contribution in [3.63, 3.8) is 0 Å². The lowest BCUT2D eigenvalue weighted by Crippen LogP contribution is -2.20. The van der Waals surface area contributed by atoms with E-state index in [2.05, 4.69) is 52.9 Å². The zero-order valence-electron chi connectivity index (χ0n) is 16.4. The Hall–Kier alpha value is -3.01. The molecule has 0 bridgehead atoms. The predicted molar refractivity (Wildman–Crippen MR) is 113 cm³/mol. The summed E-state index contributed by atoms with van der Waals surface area (Å²) in [5.41, 5.74) is 5.45. The highest BCUT2D eigenvalue weighted by Crippen LogP contribution is 2.25. The number of hydrogen-bond donors (Lipinski definition) is 1. The summed E-state index contributed by atoms with van der Waals surface area (Å²) in [7, 11) is 4.01. The zero-order chi connectivity index (χ0) is 19.4. The minimum absolute atomic E-state index is 0.00262. The molecule has 3 aromatic rings. The van der Waals surface area contributed by atoms with Crippen LogP contribution in [0.5, 0.6) is 0 Å². The van der Waals surface area contributed by atoms with Crippen LogP contribution in [0.15, 0.2) is 67.0 Å². The second kappa shape index (κ2) is 8.12. The van der Waals surface area contributed by atoms with Gasteiger partial charge in [-0.1, -0.05) is 35.9 Å². The maximum Gasteiger partial charge on any atom is 0.226 e. The molecule has 4 nitrogen and oxygen atoms in total. The van der Waals surface area contributed by atoms with Gasteiger partial charge in [0, 0.05) is 37.9 Å².